The number of fused-ring (bicyclic) bond motifs is 1. The Balaban J connectivity index is 1.54. The summed E-state index contributed by atoms with van der Waals surface area (Å²) in [6.07, 6.45) is 2.62. The zero-order valence-corrected chi connectivity index (χ0v) is 14.0. The predicted molar refractivity (Wildman–Crippen MR) is 97.9 cm³/mol. The number of rotatable bonds is 5. The zero-order chi connectivity index (χ0) is 17.1. The molecule has 2 aromatic carbocycles. The number of hydrogen-bond donors (Lipinski definition) is 1. The van der Waals surface area contributed by atoms with Gasteiger partial charge in [-0.25, -0.2) is 0 Å². The third kappa shape index (κ3) is 3.24. The monoisotopic (exact) mass is 333 g/mol. The van der Waals surface area contributed by atoms with E-state index >= 15 is 0 Å². The summed E-state index contributed by atoms with van der Waals surface area (Å²) in [5.41, 5.74) is 3.40. The Morgan fingerprint density at radius 3 is 2.80 bits per heavy atom. The van der Waals surface area contributed by atoms with Gasteiger partial charge in [-0.05, 0) is 49.2 Å². The van der Waals surface area contributed by atoms with Gasteiger partial charge in [0, 0.05) is 17.9 Å². The van der Waals surface area contributed by atoms with Crippen LogP contribution >= 0.6 is 0 Å². The highest BCUT2D eigenvalue weighted by atomic mass is 16.5. The summed E-state index contributed by atoms with van der Waals surface area (Å²) in [4.78, 5) is 6.72. The quantitative estimate of drug-likeness (QED) is 0.768. The van der Waals surface area contributed by atoms with E-state index in [4.69, 9.17) is 4.74 Å². The Kier molecular flexibility index (Phi) is 4.16. The second-order valence-electron chi connectivity index (χ2n) is 5.75. The van der Waals surface area contributed by atoms with Gasteiger partial charge in [0.15, 0.2) is 5.82 Å². The fourth-order valence-corrected chi connectivity index (χ4v) is 2.96. The fraction of sp³-hybridized carbons (Fsp3) is 0.211. The number of benzene rings is 2. The van der Waals surface area contributed by atoms with Crippen LogP contribution in [0.2, 0.25) is 0 Å². The van der Waals surface area contributed by atoms with Crippen molar-refractivity contribution >= 4 is 23.1 Å². The van der Waals surface area contributed by atoms with Crippen LogP contribution in [0.4, 0.5) is 23.1 Å². The van der Waals surface area contributed by atoms with Crippen molar-refractivity contribution in [2.75, 3.05) is 23.4 Å². The Morgan fingerprint density at radius 1 is 1.12 bits per heavy atom. The minimum atomic E-state index is 0.612. The molecule has 0 saturated carbocycles. The summed E-state index contributed by atoms with van der Waals surface area (Å²) in [7, 11) is 0. The molecule has 1 aliphatic heterocycles. The minimum absolute atomic E-state index is 0.612. The molecule has 0 unspecified atom stereocenters. The van der Waals surface area contributed by atoms with Crippen molar-refractivity contribution in [3.63, 3.8) is 0 Å². The number of anilines is 4. The average Bonchev–Trinajstić information content (AvgIpc) is 3.08. The summed E-state index contributed by atoms with van der Waals surface area (Å²) in [6.45, 7) is 3.49. The molecular formula is C19H19N5O. The van der Waals surface area contributed by atoms with Crippen molar-refractivity contribution in [1.82, 2.24) is 15.2 Å². The Labute approximate surface area is 146 Å². The van der Waals surface area contributed by atoms with E-state index in [1.165, 1.54) is 5.56 Å². The molecule has 126 valence electrons. The van der Waals surface area contributed by atoms with Gasteiger partial charge in [-0.15, -0.1) is 5.10 Å². The van der Waals surface area contributed by atoms with Crippen LogP contribution in [0, 0.1) is 0 Å². The Hall–Kier alpha value is -3.15. The SMILES string of the molecule is CCOc1ccc(Nc2cnnc(N3CCc4ccccc43)n2)cc1. The normalized spacial score (nSPS) is 12.8. The third-order valence-corrected chi connectivity index (χ3v) is 4.11. The molecule has 0 saturated heterocycles. The lowest BCUT2D eigenvalue weighted by molar-refractivity contribution is 0.340. The number of aromatic nitrogens is 3. The summed E-state index contributed by atoms with van der Waals surface area (Å²) in [6, 6.07) is 16.1. The number of ether oxygens (including phenoxy) is 1. The predicted octanol–water partition coefficient (Wildman–Crippen LogP) is 3.71. The number of nitrogens with zero attached hydrogens (tertiary/aromatic N) is 4. The van der Waals surface area contributed by atoms with E-state index in [1.807, 2.05) is 37.3 Å². The molecule has 0 radical (unpaired) electrons. The first kappa shape index (κ1) is 15.4. The van der Waals surface area contributed by atoms with Gasteiger partial charge in [-0.3, -0.25) is 0 Å². The molecule has 0 atom stereocenters. The summed E-state index contributed by atoms with van der Waals surface area (Å²) >= 11 is 0. The molecule has 1 aliphatic rings. The third-order valence-electron chi connectivity index (χ3n) is 4.11. The van der Waals surface area contributed by atoms with Crippen molar-refractivity contribution in [1.29, 1.82) is 0 Å². The summed E-state index contributed by atoms with van der Waals surface area (Å²) in [5.74, 6) is 2.13. The van der Waals surface area contributed by atoms with Gasteiger partial charge in [-0.1, -0.05) is 18.2 Å². The van der Waals surface area contributed by atoms with Gasteiger partial charge < -0.3 is 15.0 Å². The molecule has 2 heterocycles. The molecule has 0 bridgehead atoms. The average molecular weight is 333 g/mol. The van der Waals surface area contributed by atoms with Gasteiger partial charge in [0.05, 0.1) is 12.8 Å². The van der Waals surface area contributed by atoms with E-state index in [-0.39, 0.29) is 0 Å². The molecule has 0 fully saturated rings. The van der Waals surface area contributed by atoms with Crippen LogP contribution in [0.1, 0.15) is 12.5 Å². The highest BCUT2D eigenvalue weighted by Gasteiger charge is 2.22. The zero-order valence-electron chi connectivity index (χ0n) is 14.0. The first-order valence-corrected chi connectivity index (χ1v) is 8.38. The maximum absolute atomic E-state index is 5.46. The lowest BCUT2D eigenvalue weighted by Crippen LogP contribution is -2.17. The molecule has 0 aliphatic carbocycles. The molecule has 0 amide bonds. The van der Waals surface area contributed by atoms with E-state index < -0.39 is 0 Å². The van der Waals surface area contributed by atoms with E-state index in [0.29, 0.717) is 18.4 Å². The number of hydrogen-bond acceptors (Lipinski definition) is 6. The molecular weight excluding hydrogens is 314 g/mol. The maximum atomic E-state index is 5.46. The molecule has 1 N–H and O–H groups in total. The van der Waals surface area contributed by atoms with Gasteiger partial charge >= 0.3 is 0 Å². The molecule has 0 spiro atoms. The van der Waals surface area contributed by atoms with E-state index in [2.05, 4.69) is 43.6 Å². The fourth-order valence-electron chi connectivity index (χ4n) is 2.96. The summed E-state index contributed by atoms with van der Waals surface area (Å²) in [5, 5.41) is 11.6. The first-order valence-electron chi connectivity index (χ1n) is 8.38. The van der Waals surface area contributed by atoms with Crippen LogP contribution in [-0.4, -0.2) is 28.3 Å². The van der Waals surface area contributed by atoms with Crippen LogP contribution in [-0.2, 0) is 6.42 Å². The maximum Gasteiger partial charge on any atom is 0.251 e. The van der Waals surface area contributed by atoms with Gasteiger partial charge in [0.25, 0.3) is 5.95 Å². The molecule has 25 heavy (non-hydrogen) atoms. The largest absolute Gasteiger partial charge is 0.494 e. The van der Waals surface area contributed by atoms with Crippen molar-refractivity contribution in [2.45, 2.75) is 13.3 Å². The second kappa shape index (κ2) is 6.76. The standard InChI is InChI=1S/C19H19N5O/c1-2-25-16-9-7-15(8-10-16)21-18-13-20-23-19(22-18)24-12-11-14-5-3-4-6-17(14)24/h3-10,13H,2,11-12H2,1H3,(H,21,22,23). The lowest BCUT2D eigenvalue weighted by atomic mass is 10.2. The van der Waals surface area contributed by atoms with Crippen molar-refractivity contribution < 1.29 is 4.74 Å². The van der Waals surface area contributed by atoms with Gasteiger partial charge in [-0.2, -0.15) is 10.1 Å². The summed E-state index contributed by atoms with van der Waals surface area (Å²) < 4.78 is 5.46. The van der Waals surface area contributed by atoms with Crippen molar-refractivity contribution in [3.05, 3.63) is 60.3 Å². The Bertz CT molecular complexity index is 866. The van der Waals surface area contributed by atoms with E-state index in [9.17, 15) is 0 Å². The number of para-hydroxylation sites is 1. The highest BCUT2D eigenvalue weighted by Crippen LogP contribution is 2.32. The second-order valence-corrected chi connectivity index (χ2v) is 5.75. The minimum Gasteiger partial charge on any atom is -0.494 e. The van der Waals surface area contributed by atoms with Crippen LogP contribution in [0.15, 0.2) is 54.7 Å². The molecule has 6 nitrogen and oxygen atoms in total. The highest BCUT2D eigenvalue weighted by molar-refractivity contribution is 5.66. The van der Waals surface area contributed by atoms with Crippen LogP contribution in [0.5, 0.6) is 5.75 Å². The molecule has 4 rings (SSSR count). The van der Waals surface area contributed by atoms with Gasteiger partial charge in [0.2, 0.25) is 0 Å². The lowest BCUT2D eigenvalue weighted by Gasteiger charge is -2.17. The van der Waals surface area contributed by atoms with Crippen LogP contribution in [0.25, 0.3) is 0 Å². The van der Waals surface area contributed by atoms with Crippen molar-refractivity contribution in [2.24, 2.45) is 0 Å². The molecule has 6 heteroatoms. The molecule has 3 aromatic rings. The molecule has 1 aromatic heterocycles. The van der Waals surface area contributed by atoms with Gasteiger partial charge in [0.1, 0.15) is 5.75 Å². The smallest absolute Gasteiger partial charge is 0.251 e. The van der Waals surface area contributed by atoms with Crippen LogP contribution < -0.4 is 15.0 Å². The first-order chi connectivity index (χ1) is 12.3. The Morgan fingerprint density at radius 2 is 1.96 bits per heavy atom. The van der Waals surface area contributed by atoms with E-state index in [1.54, 1.807) is 6.20 Å². The van der Waals surface area contributed by atoms with Crippen LogP contribution in [0.3, 0.4) is 0 Å². The number of nitrogens with one attached hydrogen (secondary N) is 1. The van der Waals surface area contributed by atoms with Crippen molar-refractivity contribution in [3.8, 4) is 5.75 Å². The van der Waals surface area contributed by atoms with E-state index in [0.717, 1.165) is 30.1 Å². The topological polar surface area (TPSA) is 63.2 Å².